The Morgan fingerprint density at radius 3 is 2.73 bits per heavy atom. The highest BCUT2D eigenvalue weighted by molar-refractivity contribution is 7.26. The topological polar surface area (TPSA) is 41.9 Å². The molecule has 3 heterocycles. The molecule has 0 fully saturated rings. The largest absolute Gasteiger partial charge is 0.356 e. The molecule has 0 saturated heterocycles. The maximum absolute atomic E-state index is 4.69. The van der Waals surface area contributed by atoms with Crippen molar-refractivity contribution in [1.29, 1.82) is 0 Å². The van der Waals surface area contributed by atoms with Gasteiger partial charge in [-0.2, -0.15) is 0 Å². The maximum atomic E-state index is 4.69. The lowest BCUT2D eigenvalue weighted by Gasteiger charge is -2.21. The summed E-state index contributed by atoms with van der Waals surface area (Å²) in [6.45, 7) is 10.6. The molecule has 0 aliphatic carbocycles. The third-order valence-electron chi connectivity index (χ3n) is 3.99. The number of aryl methyl sites for hydroxylation is 2. The molecule has 0 spiro atoms. The van der Waals surface area contributed by atoms with E-state index in [4.69, 9.17) is 4.98 Å². The Balaban J connectivity index is 2.22. The van der Waals surface area contributed by atoms with Gasteiger partial charge in [0.2, 0.25) is 0 Å². The number of anilines is 1. The summed E-state index contributed by atoms with van der Waals surface area (Å²) in [5.74, 6) is 1.06. The van der Waals surface area contributed by atoms with E-state index in [1.165, 1.54) is 23.8 Å². The highest BCUT2D eigenvalue weighted by atomic mass is 32.1. The molecule has 5 heteroatoms. The van der Waals surface area contributed by atoms with Crippen LogP contribution in [0.3, 0.4) is 0 Å². The van der Waals surface area contributed by atoms with Gasteiger partial charge in [0.1, 0.15) is 17.0 Å². The van der Waals surface area contributed by atoms with Crippen molar-refractivity contribution >= 4 is 37.6 Å². The van der Waals surface area contributed by atoms with Crippen molar-refractivity contribution in [1.82, 2.24) is 15.0 Å². The van der Waals surface area contributed by atoms with E-state index in [9.17, 15) is 0 Å². The molecule has 3 aromatic rings. The number of aromatic nitrogens is 3. The van der Waals surface area contributed by atoms with Gasteiger partial charge in [0.05, 0.1) is 10.2 Å². The Labute approximate surface area is 135 Å². The lowest BCUT2D eigenvalue weighted by Crippen LogP contribution is -2.24. The Morgan fingerprint density at radius 1 is 1.18 bits per heavy atom. The number of nitrogens with zero attached hydrogens (tertiary/aromatic N) is 4. The molecule has 116 valence electrons. The van der Waals surface area contributed by atoms with Gasteiger partial charge in [0.25, 0.3) is 0 Å². The second-order valence-electron chi connectivity index (χ2n) is 5.67. The van der Waals surface area contributed by atoms with E-state index < -0.39 is 0 Å². The molecule has 22 heavy (non-hydrogen) atoms. The normalized spacial score (nSPS) is 11.5. The van der Waals surface area contributed by atoms with E-state index >= 15 is 0 Å². The van der Waals surface area contributed by atoms with E-state index in [1.54, 1.807) is 17.7 Å². The lowest BCUT2D eigenvalue weighted by atomic mass is 10.1. The minimum atomic E-state index is 0.964. The molecule has 0 aliphatic rings. The van der Waals surface area contributed by atoms with Gasteiger partial charge in [-0.3, -0.25) is 0 Å². The first-order valence-corrected chi connectivity index (χ1v) is 8.73. The van der Waals surface area contributed by atoms with Crippen LogP contribution < -0.4 is 4.90 Å². The molecule has 0 N–H and O–H groups in total. The third kappa shape index (κ3) is 2.54. The van der Waals surface area contributed by atoms with Crippen molar-refractivity contribution < 1.29 is 0 Å². The molecule has 3 rings (SSSR count). The van der Waals surface area contributed by atoms with Gasteiger partial charge in [-0.1, -0.05) is 13.3 Å². The highest BCUT2D eigenvalue weighted by Crippen LogP contribution is 2.37. The zero-order chi connectivity index (χ0) is 15.7. The van der Waals surface area contributed by atoms with Crippen molar-refractivity contribution in [3.63, 3.8) is 0 Å². The van der Waals surface area contributed by atoms with Crippen LogP contribution in [0.1, 0.15) is 37.9 Å². The fourth-order valence-electron chi connectivity index (χ4n) is 2.89. The second kappa shape index (κ2) is 6.16. The number of pyridine rings is 1. The quantitative estimate of drug-likeness (QED) is 0.696. The van der Waals surface area contributed by atoms with Crippen LogP contribution in [-0.2, 0) is 0 Å². The summed E-state index contributed by atoms with van der Waals surface area (Å²) in [5, 5.41) is 1.18. The van der Waals surface area contributed by atoms with Crippen molar-refractivity contribution in [2.24, 2.45) is 0 Å². The van der Waals surface area contributed by atoms with Gasteiger partial charge in [-0.15, -0.1) is 11.3 Å². The number of rotatable bonds is 5. The SMILES string of the molecule is CCCCN(CC)c1ncnc2c1sc1nc(C)cc(C)c12. The first-order valence-electron chi connectivity index (χ1n) is 7.92. The van der Waals surface area contributed by atoms with Crippen LogP contribution in [0.2, 0.25) is 0 Å². The molecule has 0 saturated carbocycles. The second-order valence-corrected chi connectivity index (χ2v) is 6.67. The van der Waals surface area contributed by atoms with E-state index in [2.05, 4.69) is 41.7 Å². The smallest absolute Gasteiger partial charge is 0.150 e. The number of unbranched alkanes of at least 4 members (excludes halogenated alkanes) is 1. The molecule has 4 nitrogen and oxygen atoms in total. The first-order chi connectivity index (χ1) is 10.7. The van der Waals surface area contributed by atoms with E-state index in [0.717, 1.165) is 39.6 Å². The van der Waals surface area contributed by atoms with Gasteiger partial charge >= 0.3 is 0 Å². The molecule has 0 unspecified atom stereocenters. The molecule has 0 aromatic carbocycles. The van der Waals surface area contributed by atoms with Gasteiger partial charge in [-0.05, 0) is 38.8 Å². The maximum Gasteiger partial charge on any atom is 0.150 e. The summed E-state index contributed by atoms with van der Waals surface area (Å²) in [4.78, 5) is 17.2. The molecule has 0 atom stereocenters. The van der Waals surface area contributed by atoms with E-state index in [1.807, 2.05) is 6.92 Å². The van der Waals surface area contributed by atoms with Gasteiger partial charge in [0, 0.05) is 24.2 Å². The molecule has 0 radical (unpaired) electrons. The Hall–Kier alpha value is -1.75. The molecule has 3 aromatic heterocycles. The number of hydrogen-bond acceptors (Lipinski definition) is 5. The zero-order valence-electron chi connectivity index (χ0n) is 13.7. The summed E-state index contributed by atoms with van der Waals surface area (Å²) < 4.78 is 1.16. The van der Waals surface area contributed by atoms with Crippen LogP contribution in [0.5, 0.6) is 0 Å². The fraction of sp³-hybridized carbons (Fsp3) is 0.471. The van der Waals surface area contributed by atoms with Gasteiger partial charge in [-0.25, -0.2) is 15.0 Å². The van der Waals surface area contributed by atoms with Crippen LogP contribution >= 0.6 is 11.3 Å². The monoisotopic (exact) mass is 314 g/mol. The molecule has 0 amide bonds. The van der Waals surface area contributed by atoms with E-state index in [-0.39, 0.29) is 0 Å². The number of fused-ring (bicyclic) bond motifs is 3. The first kappa shape index (κ1) is 15.2. The number of thiophene rings is 1. The van der Waals surface area contributed by atoms with Crippen LogP contribution in [0.4, 0.5) is 5.82 Å². The van der Waals surface area contributed by atoms with Gasteiger partial charge < -0.3 is 4.90 Å². The summed E-state index contributed by atoms with van der Waals surface area (Å²) in [5.41, 5.74) is 3.35. The van der Waals surface area contributed by atoms with Gasteiger partial charge in [0.15, 0.2) is 0 Å². The summed E-state index contributed by atoms with van der Waals surface area (Å²) in [6.07, 6.45) is 4.06. The van der Waals surface area contributed by atoms with Crippen molar-refractivity contribution in [3.05, 3.63) is 23.7 Å². The van der Waals surface area contributed by atoms with Crippen LogP contribution in [0, 0.1) is 13.8 Å². The molecule has 0 aliphatic heterocycles. The Kier molecular flexibility index (Phi) is 4.25. The summed E-state index contributed by atoms with van der Waals surface area (Å²) >= 11 is 1.72. The lowest BCUT2D eigenvalue weighted by molar-refractivity contribution is 0.726. The minimum Gasteiger partial charge on any atom is -0.356 e. The molecular weight excluding hydrogens is 292 g/mol. The predicted molar refractivity (Wildman–Crippen MR) is 95.0 cm³/mol. The van der Waals surface area contributed by atoms with Crippen LogP contribution in [0.25, 0.3) is 20.4 Å². The zero-order valence-corrected chi connectivity index (χ0v) is 14.5. The average Bonchev–Trinajstić information content (AvgIpc) is 2.86. The summed E-state index contributed by atoms with van der Waals surface area (Å²) in [7, 11) is 0. The summed E-state index contributed by atoms with van der Waals surface area (Å²) in [6, 6.07) is 2.13. The van der Waals surface area contributed by atoms with E-state index in [0.29, 0.717) is 0 Å². The molecule has 0 bridgehead atoms. The third-order valence-corrected chi connectivity index (χ3v) is 5.06. The minimum absolute atomic E-state index is 0.964. The van der Waals surface area contributed by atoms with Crippen molar-refractivity contribution in [2.75, 3.05) is 18.0 Å². The highest BCUT2D eigenvalue weighted by Gasteiger charge is 2.17. The Morgan fingerprint density at radius 2 is 2.00 bits per heavy atom. The van der Waals surface area contributed by atoms with Crippen LogP contribution in [0.15, 0.2) is 12.4 Å². The Bertz CT molecular complexity index is 809. The number of hydrogen-bond donors (Lipinski definition) is 0. The van der Waals surface area contributed by atoms with Crippen LogP contribution in [-0.4, -0.2) is 28.0 Å². The predicted octanol–water partition coefficient (Wildman–Crippen LogP) is 4.48. The average molecular weight is 314 g/mol. The standard InChI is InChI=1S/C17H22N4S/c1-5-7-8-21(6-2)16-15-14(18-10-19-16)13-11(3)9-12(4)20-17(13)22-15/h9-10H,5-8H2,1-4H3. The van der Waals surface area contributed by atoms with Crippen molar-refractivity contribution in [2.45, 2.75) is 40.5 Å². The fourth-order valence-corrected chi connectivity index (χ4v) is 4.15. The van der Waals surface area contributed by atoms with Crippen molar-refractivity contribution in [3.8, 4) is 0 Å². The molecular formula is C17H22N4S.